The summed E-state index contributed by atoms with van der Waals surface area (Å²) in [6, 6.07) is 0.819. The first-order chi connectivity index (χ1) is 6.86. The van der Waals surface area contributed by atoms with E-state index in [1.165, 1.54) is 43.7 Å². The van der Waals surface area contributed by atoms with Gasteiger partial charge in [0.2, 0.25) is 0 Å². The molecular formula is C11H23NS2. The summed E-state index contributed by atoms with van der Waals surface area (Å²) in [6.07, 6.45) is 7.78. The molecule has 0 bridgehead atoms. The summed E-state index contributed by atoms with van der Waals surface area (Å²) < 4.78 is 0. The van der Waals surface area contributed by atoms with Crippen LogP contribution in [0.4, 0.5) is 0 Å². The third-order valence-electron chi connectivity index (χ3n) is 2.82. The van der Waals surface area contributed by atoms with E-state index < -0.39 is 0 Å². The lowest BCUT2D eigenvalue weighted by atomic mass is 10.2. The average Bonchev–Trinajstić information content (AvgIpc) is 2.65. The van der Waals surface area contributed by atoms with Crippen LogP contribution in [-0.2, 0) is 0 Å². The molecule has 0 aliphatic heterocycles. The van der Waals surface area contributed by atoms with Crippen LogP contribution in [-0.4, -0.2) is 35.6 Å². The number of hydrogen-bond donors (Lipinski definition) is 1. The Labute approximate surface area is 97.2 Å². The zero-order valence-corrected chi connectivity index (χ0v) is 11.1. The predicted molar refractivity (Wildman–Crippen MR) is 70.6 cm³/mol. The summed E-state index contributed by atoms with van der Waals surface area (Å²) in [4.78, 5) is 0. The van der Waals surface area contributed by atoms with E-state index in [9.17, 15) is 0 Å². The second-order valence-electron chi connectivity index (χ2n) is 3.87. The van der Waals surface area contributed by atoms with Gasteiger partial charge in [0.15, 0.2) is 0 Å². The summed E-state index contributed by atoms with van der Waals surface area (Å²) in [5.41, 5.74) is 0. The fourth-order valence-electron chi connectivity index (χ4n) is 1.96. The van der Waals surface area contributed by atoms with Gasteiger partial charge in [-0.2, -0.15) is 23.5 Å². The van der Waals surface area contributed by atoms with Crippen molar-refractivity contribution in [1.29, 1.82) is 0 Å². The summed E-state index contributed by atoms with van der Waals surface area (Å²) >= 11 is 4.09. The number of nitrogens with one attached hydrogen (secondary N) is 1. The Morgan fingerprint density at radius 3 is 2.86 bits per heavy atom. The van der Waals surface area contributed by atoms with Gasteiger partial charge in [0.1, 0.15) is 0 Å². The third-order valence-corrected chi connectivity index (χ3v) is 4.90. The molecule has 1 aliphatic rings. The molecule has 0 spiro atoms. The van der Waals surface area contributed by atoms with Crippen LogP contribution in [0.5, 0.6) is 0 Å². The van der Waals surface area contributed by atoms with E-state index in [1.807, 2.05) is 11.8 Å². The van der Waals surface area contributed by atoms with Crippen molar-refractivity contribution in [2.24, 2.45) is 0 Å². The SMILES string of the molecule is CCSCCCNC1CCC(SC)C1. The van der Waals surface area contributed by atoms with Crippen molar-refractivity contribution in [3.8, 4) is 0 Å². The normalized spacial score (nSPS) is 27.0. The quantitative estimate of drug-likeness (QED) is 0.679. The van der Waals surface area contributed by atoms with Gasteiger partial charge in [-0.3, -0.25) is 0 Å². The van der Waals surface area contributed by atoms with Gasteiger partial charge in [0.25, 0.3) is 0 Å². The van der Waals surface area contributed by atoms with Crippen molar-refractivity contribution in [3.05, 3.63) is 0 Å². The third kappa shape index (κ3) is 4.94. The Kier molecular flexibility index (Phi) is 7.17. The first kappa shape index (κ1) is 12.7. The lowest BCUT2D eigenvalue weighted by molar-refractivity contribution is 0.525. The Morgan fingerprint density at radius 1 is 1.36 bits per heavy atom. The maximum absolute atomic E-state index is 3.68. The van der Waals surface area contributed by atoms with Crippen LogP contribution < -0.4 is 5.32 Å². The molecule has 1 N–H and O–H groups in total. The van der Waals surface area contributed by atoms with Crippen molar-refractivity contribution < 1.29 is 0 Å². The average molecular weight is 233 g/mol. The minimum atomic E-state index is 0.819. The van der Waals surface area contributed by atoms with Crippen LogP contribution in [0.1, 0.15) is 32.6 Å². The lowest BCUT2D eigenvalue weighted by Crippen LogP contribution is -2.27. The molecule has 2 unspecified atom stereocenters. The minimum Gasteiger partial charge on any atom is -0.314 e. The molecule has 2 atom stereocenters. The van der Waals surface area contributed by atoms with E-state index in [0.717, 1.165) is 11.3 Å². The molecule has 0 amide bonds. The van der Waals surface area contributed by atoms with Crippen molar-refractivity contribution in [2.75, 3.05) is 24.3 Å². The highest BCUT2D eigenvalue weighted by Gasteiger charge is 2.22. The summed E-state index contributed by atoms with van der Waals surface area (Å²) in [7, 11) is 0. The molecule has 0 aromatic carbocycles. The molecule has 1 saturated carbocycles. The van der Waals surface area contributed by atoms with Gasteiger partial charge in [-0.1, -0.05) is 6.92 Å². The van der Waals surface area contributed by atoms with Crippen molar-refractivity contribution in [3.63, 3.8) is 0 Å². The fourth-order valence-corrected chi connectivity index (χ4v) is 3.40. The zero-order valence-electron chi connectivity index (χ0n) is 9.42. The Morgan fingerprint density at radius 2 is 2.21 bits per heavy atom. The maximum atomic E-state index is 3.68. The molecular weight excluding hydrogens is 210 g/mol. The van der Waals surface area contributed by atoms with Crippen molar-refractivity contribution >= 4 is 23.5 Å². The van der Waals surface area contributed by atoms with Gasteiger partial charge >= 0.3 is 0 Å². The van der Waals surface area contributed by atoms with Crippen molar-refractivity contribution in [2.45, 2.75) is 43.9 Å². The standard InChI is InChI=1S/C11H23NS2/c1-3-14-8-4-7-12-10-5-6-11(9-10)13-2/h10-12H,3-9H2,1-2H3. The molecule has 1 fully saturated rings. The Hall–Kier alpha value is 0.660. The molecule has 0 saturated heterocycles. The number of thioether (sulfide) groups is 2. The molecule has 1 aliphatic carbocycles. The van der Waals surface area contributed by atoms with Crippen LogP contribution >= 0.6 is 23.5 Å². The summed E-state index contributed by atoms with van der Waals surface area (Å²) in [6.45, 7) is 3.46. The molecule has 14 heavy (non-hydrogen) atoms. The molecule has 0 radical (unpaired) electrons. The summed E-state index contributed by atoms with van der Waals surface area (Å²) in [5, 5.41) is 4.61. The number of rotatable bonds is 7. The maximum Gasteiger partial charge on any atom is 0.00780 e. The van der Waals surface area contributed by atoms with Gasteiger partial charge < -0.3 is 5.32 Å². The van der Waals surface area contributed by atoms with Crippen molar-refractivity contribution in [1.82, 2.24) is 5.32 Å². The van der Waals surface area contributed by atoms with E-state index in [2.05, 4.69) is 30.3 Å². The first-order valence-corrected chi connectivity index (χ1v) is 8.15. The zero-order chi connectivity index (χ0) is 10.2. The Balaban J connectivity index is 1.92. The highest BCUT2D eigenvalue weighted by atomic mass is 32.2. The largest absolute Gasteiger partial charge is 0.314 e. The first-order valence-electron chi connectivity index (χ1n) is 5.70. The van der Waals surface area contributed by atoms with Crippen LogP contribution in [0.2, 0.25) is 0 Å². The molecule has 1 rings (SSSR count). The molecule has 0 heterocycles. The van der Waals surface area contributed by atoms with Gasteiger partial charge in [0.05, 0.1) is 0 Å². The van der Waals surface area contributed by atoms with E-state index in [1.54, 1.807) is 0 Å². The van der Waals surface area contributed by atoms with Crippen LogP contribution in [0, 0.1) is 0 Å². The van der Waals surface area contributed by atoms with E-state index in [4.69, 9.17) is 0 Å². The summed E-state index contributed by atoms with van der Waals surface area (Å²) in [5.74, 6) is 2.58. The second kappa shape index (κ2) is 7.89. The lowest BCUT2D eigenvalue weighted by Gasteiger charge is -2.12. The molecule has 84 valence electrons. The fraction of sp³-hybridized carbons (Fsp3) is 1.00. The highest BCUT2D eigenvalue weighted by molar-refractivity contribution is 7.99. The van der Waals surface area contributed by atoms with Crippen LogP contribution in [0.25, 0.3) is 0 Å². The minimum absolute atomic E-state index is 0.819. The van der Waals surface area contributed by atoms with Gasteiger partial charge in [-0.05, 0) is 50.0 Å². The molecule has 0 aromatic heterocycles. The van der Waals surface area contributed by atoms with Gasteiger partial charge in [0, 0.05) is 11.3 Å². The molecule has 0 aromatic rings. The monoisotopic (exact) mass is 233 g/mol. The molecule has 1 nitrogen and oxygen atoms in total. The van der Waals surface area contributed by atoms with E-state index in [0.29, 0.717) is 0 Å². The second-order valence-corrected chi connectivity index (χ2v) is 6.40. The Bertz CT molecular complexity index is 141. The topological polar surface area (TPSA) is 12.0 Å². The van der Waals surface area contributed by atoms with Crippen LogP contribution in [0.3, 0.4) is 0 Å². The van der Waals surface area contributed by atoms with E-state index in [-0.39, 0.29) is 0 Å². The van der Waals surface area contributed by atoms with Gasteiger partial charge in [-0.25, -0.2) is 0 Å². The van der Waals surface area contributed by atoms with Crippen LogP contribution in [0.15, 0.2) is 0 Å². The predicted octanol–water partition coefficient (Wildman–Crippen LogP) is 3.00. The highest BCUT2D eigenvalue weighted by Crippen LogP contribution is 2.27. The smallest absolute Gasteiger partial charge is 0.00780 e. The van der Waals surface area contributed by atoms with Gasteiger partial charge in [-0.15, -0.1) is 0 Å². The molecule has 3 heteroatoms. The van der Waals surface area contributed by atoms with E-state index >= 15 is 0 Å². The number of hydrogen-bond acceptors (Lipinski definition) is 3.